The zero-order chi connectivity index (χ0) is 9.30. The van der Waals surface area contributed by atoms with E-state index in [1.54, 1.807) is 13.8 Å². The Labute approximate surface area is 70.0 Å². The smallest absolute Gasteiger partial charge is 0.0734 e. The van der Waals surface area contributed by atoms with Gasteiger partial charge >= 0.3 is 0 Å². The predicted octanol–water partition coefficient (Wildman–Crippen LogP) is -0.356. The largest absolute Gasteiger partial charge is 0.545 e. The molecule has 0 aliphatic heterocycles. The van der Waals surface area contributed by atoms with Crippen LogP contribution in [0.1, 0.15) is 21.6 Å². The molecular weight excluding hydrogens is 156 g/mol. The molecule has 0 radical (unpaired) electrons. The van der Waals surface area contributed by atoms with E-state index >= 15 is 0 Å². The highest BCUT2D eigenvalue weighted by Gasteiger charge is 2.05. The van der Waals surface area contributed by atoms with Crippen molar-refractivity contribution in [1.29, 1.82) is 0 Å². The molecule has 0 aliphatic rings. The number of anilines is 1. The van der Waals surface area contributed by atoms with Crippen molar-refractivity contribution < 1.29 is 9.90 Å². The highest BCUT2D eigenvalue weighted by Crippen LogP contribution is 2.16. The van der Waals surface area contributed by atoms with Crippen molar-refractivity contribution in [1.82, 2.24) is 4.98 Å². The number of aromatic nitrogens is 1. The molecule has 4 nitrogen and oxygen atoms in total. The van der Waals surface area contributed by atoms with Gasteiger partial charge in [-0.25, -0.2) is 0 Å². The first-order valence-electron chi connectivity index (χ1n) is 3.47. The Morgan fingerprint density at radius 2 is 2.17 bits per heavy atom. The van der Waals surface area contributed by atoms with Gasteiger partial charge in [0.15, 0.2) is 0 Å². The summed E-state index contributed by atoms with van der Waals surface area (Å²) >= 11 is 0. The number of hydrogen-bond acceptors (Lipinski definition) is 4. The zero-order valence-electron chi connectivity index (χ0n) is 6.92. The second-order valence-electron chi connectivity index (χ2n) is 2.58. The van der Waals surface area contributed by atoms with Gasteiger partial charge in [-0.15, -0.1) is 0 Å². The van der Waals surface area contributed by atoms with Crippen LogP contribution >= 0.6 is 0 Å². The molecule has 0 saturated carbocycles. The second kappa shape index (κ2) is 2.81. The van der Waals surface area contributed by atoms with Crippen LogP contribution in [0, 0.1) is 13.8 Å². The lowest BCUT2D eigenvalue weighted by Crippen LogP contribution is -2.24. The average Bonchev–Trinajstić information content (AvgIpc) is 2.00. The lowest BCUT2D eigenvalue weighted by Gasteiger charge is -2.09. The molecule has 0 amide bonds. The third kappa shape index (κ3) is 1.23. The Morgan fingerprint density at radius 1 is 1.58 bits per heavy atom. The molecule has 1 rings (SSSR count). The van der Waals surface area contributed by atoms with Crippen LogP contribution in [0.5, 0.6) is 0 Å². The molecule has 1 aromatic heterocycles. The summed E-state index contributed by atoms with van der Waals surface area (Å²) in [6.07, 6.45) is 1.26. The number of carbonyl (C=O) groups excluding carboxylic acids is 1. The van der Waals surface area contributed by atoms with Crippen molar-refractivity contribution in [2.45, 2.75) is 13.8 Å². The molecule has 1 heterocycles. The van der Waals surface area contributed by atoms with Gasteiger partial charge in [-0.05, 0) is 19.4 Å². The molecule has 0 bridgehead atoms. The molecule has 4 heteroatoms. The van der Waals surface area contributed by atoms with Crippen LogP contribution in [0.3, 0.4) is 0 Å². The minimum atomic E-state index is -1.24. The maximum Gasteiger partial charge on any atom is 0.0734 e. The SMILES string of the molecule is Cc1ncc(C(=O)[O-])c(C)c1N. The van der Waals surface area contributed by atoms with E-state index in [1.165, 1.54) is 6.20 Å². The van der Waals surface area contributed by atoms with E-state index in [4.69, 9.17) is 5.73 Å². The number of nitrogen functional groups attached to an aromatic ring is 1. The summed E-state index contributed by atoms with van der Waals surface area (Å²) < 4.78 is 0. The maximum absolute atomic E-state index is 10.5. The van der Waals surface area contributed by atoms with E-state index in [1.807, 2.05) is 0 Å². The van der Waals surface area contributed by atoms with Gasteiger partial charge in [-0.3, -0.25) is 4.98 Å². The Bertz CT molecular complexity index is 334. The van der Waals surface area contributed by atoms with Crippen LogP contribution < -0.4 is 10.8 Å². The number of aryl methyl sites for hydroxylation is 1. The average molecular weight is 165 g/mol. The summed E-state index contributed by atoms with van der Waals surface area (Å²) in [6.45, 7) is 3.36. The van der Waals surface area contributed by atoms with E-state index in [-0.39, 0.29) is 5.56 Å². The molecular formula is C8H9N2O2-. The van der Waals surface area contributed by atoms with Gasteiger partial charge in [0, 0.05) is 11.8 Å². The van der Waals surface area contributed by atoms with Crippen molar-refractivity contribution in [2.24, 2.45) is 0 Å². The molecule has 0 saturated heterocycles. The van der Waals surface area contributed by atoms with Crippen molar-refractivity contribution in [3.05, 3.63) is 23.0 Å². The normalized spacial score (nSPS) is 9.83. The van der Waals surface area contributed by atoms with Gasteiger partial charge in [-0.1, -0.05) is 0 Å². The molecule has 0 aliphatic carbocycles. The molecule has 64 valence electrons. The van der Waals surface area contributed by atoms with Gasteiger partial charge < -0.3 is 15.6 Å². The van der Waals surface area contributed by atoms with Crippen LogP contribution in [-0.2, 0) is 0 Å². The van der Waals surface area contributed by atoms with Gasteiger partial charge in [0.05, 0.1) is 17.4 Å². The number of aromatic carboxylic acids is 1. The molecule has 1 aromatic rings. The standard InChI is InChI=1S/C8H10N2O2/c1-4-6(8(11)12)3-10-5(2)7(4)9/h3H,9H2,1-2H3,(H,11,12)/p-1. The number of carboxylic acids is 1. The van der Waals surface area contributed by atoms with Crippen LogP contribution in [-0.4, -0.2) is 11.0 Å². The number of nitrogens with two attached hydrogens (primary N) is 1. The summed E-state index contributed by atoms with van der Waals surface area (Å²) in [7, 11) is 0. The summed E-state index contributed by atoms with van der Waals surface area (Å²) in [6, 6.07) is 0. The van der Waals surface area contributed by atoms with Gasteiger partial charge in [0.25, 0.3) is 0 Å². The molecule has 2 N–H and O–H groups in total. The molecule has 0 unspecified atom stereocenters. The van der Waals surface area contributed by atoms with Gasteiger partial charge in [0.1, 0.15) is 0 Å². The molecule has 0 atom stereocenters. The topological polar surface area (TPSA) is 79.0 Å². The number of carbonyl (C=O) groups is 1. The zero-order valence-corrected chi connectivity index (χ0v) is 6.92. The quantitative estimate of drug-likeness (QED) is 0.616. The predicted molar refractivity (Wildman–Crippen MR) is 42.5 cm³/mol. The summed E-state index contributed by atoms with van der Waals surface area (Å²) in [5.41, 5.74) is 7.19. The van der Waals surface area contributed by atoms with Crippen molar-refractivity contribution >= 4 is 11.7 Å². The van der Waals surface area contributed by atoms with Crippen molar-refractivity contribution in [3.63, 3.8) is 0 Å². The number of pyridine rings is 1. The molecule has 0 fully saturated rings. The fraction of sp³-hybridized carbons (Fsp3) is 0.250. The first-order chi connectivity index (χ1) is 5.54. The molecule has 0 spiro atoms. The summed E-state index contributed by atoms with van der Waals surface area (Å²) in [4.78, 5) is 14.3. The fourth-order valence-corrected chi connectivity index (χ4v) is 0.950. The van der Waals surface area contributed by atoms with E-state index in [2.05, 4.69) is 4.98 Å². The van der Waals surface area contributed by atoms with Crippen LogP contribution in [0.15, 0.2) is 6.20 Å². The lowest BCUT2D eigenvalue weighted by molar-refractivity contribution is -0.255. The van der Waals surface area contributed by atoms with E-state index in [0.717, 1.165) is 0 Å². The Kier molecular flexibility index (Phi) is 1.99. The second-order valence-corrected chi connectivity index (χ2v) is 2.58. The number of rotatable bonds is 1. The summed E-state index contributed by atoms with van der Waals surface area (Å²) in [5.74, 6) is -1.24. The van der Waals surface area contributed by atoms with Crippen LogP contribution in [0.2, 0.25) is 0 Å². The molecule has 0 aromatic carbocycles. The van der Waals surface area contributed by atoms with Gasteiger partial charge in [-0.2, -0.15) is 0 Å². The number of nitrogens with zero attached hydrogens (tertiary/aromatic N) is 1. The monoisotopic (exact) mass is 165 g/mol. The first kappa shape index (κ1) is 8.52. The minimum absolute atomic E-state index is 0.0538. The van der Waals surface area contributed by atoms with E-state index < -0.39 is 5.97 Å². The fourth-order valence-electron chi connectivity index (χ4n) is 0.950. The minimum Gasteiger partial charge on any atom is -0.545 e. The maximum atomic E-state index is 10.5. The number of carboxylic acid groups (broad SMARTS) is 1. The van der Waals surface area contributed by atoms with Crippen molar-refractivity contribution in [3.8, 4) is 0 Å². The Hall–Kier alpha value is -1.58. The molecule has 12 heavy (non-hydrogen) atoms. The summed E-state index contributed by atoms with van der Waals surface area (Å²) in [5, 5.41) is 10.5. The van der Waals surface area contributed by atoms with Gasteiger partial charge in [0.2, 0.25) is 0 Å². The van der Waals surface area contributed by atoms with Crippen molar-refractivity contribution in [2.75, 3.05) is 5.73 Å². The third-order valence-electron chi connectivity index (χ3n) is 1.81. The highest BCUT2D eigenvalue weighted by atomic mass is 16.4. The number of hydrogen-bond donors (Lipinski definition) is 1. The third-order valence-corrected chi connectivity index (χ3v) is 1.81. The highest BCUT2D eigenvalue weighted by molar-refractivity contribution is 5.89. The van der Waals surface area contributed by atoms with E-state index in [0.29, 0.717) is 16.9 Å². The van der Waals surface area contributed by atoms with Crippen LogP contribution in [0.25, 0.3) is 0 Å². The Morgan fingerprint density at radius 3 is 2.67 bits per heavy atom. The lowest BCUT2D eigenvalue weighted by atomic mass is 10.1. The first-order valence-corrected chi connectivity index (χ1v) is 3.47. The van der Waals surface area contributed by atoms with E-state index in [9.17, 15) is 9.90 Å². The van der Waals surface area contributed by atoms with Crippen LogP contribution in [0.4, 0.5) is 5.69 Å². The Balaban J connectivity index is 3.36.